The first-order chi connectivity index (χ1) is 7.42. The van der Waals surface area contributed by atoms with Gasteiger partial charge in [-0.25, -0.2) is 0 Å². The van der Waals surface area contributed by atoms with Gasteiger partial charge in [-0.05, 0) is 35.9 Å². The molecule has 0 aromatic heterocycles. The summed E-state index contributed by atoms with van der Waals surface area (Å²) in [4.78, 5) is 0.101. The van der Waals surface area contributed by atoms with Gasteiger partial charge in [0.05, 0.1) is 6.67 Å². The molecule has 17 heavy (non-hydrogen) atoms. The van der Waals surface area contributed by atoms with Crippen LogP contribution in [0, 0.1) is 0 Å². The van der Waals surface area contributed by atoms with Gasteiger partial charge in [0.1, 0.15) is 0 Å². The highest BCUT2D eigenvalue weighted by Crippen LogP contribution is 2.36. The molecular weight excluding hydrogens is 278 g/mol. The zero-order valence-corrected chi connectivity index (χ0v) is 10.3. The van der Waals surface area contributed by atoms with Crippen LogP contribution in [0.5, 0.6) is 0 Å². The summed E-state index contributed by atoms with van der Waals surface area (Å²) < 4.78 is 48.0. The van der Waals surface area contributed by atoms with E-state index >= 15 is 0 Å². The second-order valence-electron chi connectivity index (χ2n) is 3.20. The highest BCUT2D eigenvalue weighted by Gasteiger charge is 2.29. The van der Waals surface area contributed by atoms with E-state index in [1.807, 2.05) is 0 Å². The molecule has 0 amide bonds. The lowest BCUT2D eigenvalue weighted by Gasteiger charge is -2.11. The lowest BCUT2D eigenvalue weighted by Crippen LogP contribution is -2.10. The van der Waals surface area contributed by atoms with E-state index in [4.69, 9.17) is 5.73 Å². The monoisotopic (exact) mass is 289 g/mol. The Labute approximate surface area is 107 Å². The molecule has 1 atom stereocenters. The van der Waals surface area contributed by atoms with Crippen LogP contribution in [0.2, 0.25) is 0 Å². The number of thioether (sulfide) groups is 1. The molecule has 2 N–H and O–H groups in total. The maximum atomic E-state index is 12.0. The molecular formula is C10H12ClF4NS. The number of hydrogen-bond acceptors (Lipinski definition) is 2. The Morgan fingerprint density at radius 3 is 2.12 bits per heavy atom. The van der Waals surface area contributed by atoms with Gasteiger partial charge in [0.15, 0.2) is 0 Å². The number of rotatable bonds is 4. The van der Waals surface area contributed by atoms with Gasteiger partial charge in [0.2, 0.25) is 0 Å². The average Bonchev–Trinajstić information content (AvgIpc) is 2.16. The number of halogens is 5. The second kappa shape index (κ2) is 7.08. The third-order valence-electron chi connectivity index (χ3n) is 1.96. The molecule has 1 rings (SSSR count). The molecule has 0 bridgehead atoms. The van der Waals surface area contributed by atoms with Gasteiger partial charge in [0.25, 0.3) is 0 Å². The summed E-state index contributed by atoms with van der Waals surface area (Å²) in [5.41, 5.74) is 1.97. The second-order valence-corrected chi connectivity index (χ2v) is 4.34. The lowest BCUT2D eigenvalue weighted by atomic mass is 10.1. The molecule has 0 unspecified atom stereocenters. The molecule has 0 aliphatic rings. The quantitative estimate of drug-likeness (QED) is 0.668. The third kappa shape index (κ3) is 6.14. The largest absolute Gasteiger partial charge is 0.446 e. The first kappa shape index (κ1) is 16.5. The summed E-state index contributed by atoms with van der Waals surface area (Å²) >= 11 is -0.180. The molecule has 7 heteroatoms. The van der Waals surface area contributed by atoms with Crippen LogP contribution < -0.4 is 5.73 Å². The minimum Gasteiger partial charge on any atom is -0.324 e. The Morgan fingerprint density at radius 1 is 1.18 bits per heavy atom. The molecule has 1 nitrogen and oxygen atoms in total. The minimum atomic E-state index is -4.29. The molecule has 0 saturated carbocycles. The van der Waals surface area contributed by atoms with Crippen LogP contribution in [-0.2, 0) is 0 Å². The van der Waals surface area contributed by atoms with Crippen molar-refractivity contribution in [1.82, 2.24) is 0 Å². The van der Waals surface area contributed by atoms with Crippen LogP contribution in [0.1, 0.15) is 18.0 Å². The van der Waals surface area contributed by atoms with Gasteiger partial charge in [-0.2, -0.15) is 13.2 Å². The van der Waals surface area contributed by atoms with Crippen molar-refractivity contribution in [3.63, 3.8) is 0 Å². The van der Waals surface area contributed by atoms with E-state index in [9.17, 15) is 17.6 Å². The Morgan fingerprint density at radius 2 is 1.71 bits per heavy atom. The highest BCUT2D eigenvalue weighted by atomic mass is 35.5. The predicted molar refractivity (Wildman–Crippen MR) is 63.1 cm³/mol. The van der Waals surface area contributed by atoms with Gasteiger partial charge < -0.3 is 5.73 Å². The van der Waals surface area contributed by atoms with Gasteiger partial charge in [-0.3, -0.25) is 4.39 Å². The molecule has 0 radical (unpaired) electrons. The van der Waals surface area contributed by atoms with Crippen LogP contribution in [0.25, 0.3) is 0 Å². The van der Waals surface area contributed by atoms with Crippen molar-refractivity contribution < 1.29 is 17.6 Å². The summed E-state index contributed by atoms with van der Waals surface area (Å²) in [5.74, 6) is 0. The molecule has 98 valence electrons. The maximum absolute atomic E-state index is 12.0. The van der Waals surface area contributed by atoms with E-state index in [2.05, 4.69) is 0 Å². The highest BCUT2D eigenvalue weighted by molar-refractivity contribution is 8.00. The molecule has 0 fully saturated rings. The number of benzene rings is 1. The number of hydrogen-bond donors (Lipinski definition) is 1. The fraction of sp³-hybridized carbons (Fsp3) is 0.400. The first-order valence-electron chi connectivity index (χ1n) is 4.59. The van der Waals surface area contributed by atoms with E-state index in [-0.39, 0.29) is 35.5 Å². The van der Waals surface area contributed by atoms with Crippen LogP contribution in [0.3, 0.4) is 0 Å². The van der Waals surface area contributed by atoms with Crippen molar-refractivity contribution in [2.24, 2.45) is 5.73 Å². The van der Waals surface area contributed by atoms with E-state index < -0.39 is 18.2 Å². The Balaban J connectivity index is 0.00000256. The zero-order valence-electron chi connectivity index (χ0n) is 8.71. The summed E-state index contributed by atoms with van der Waals surface area (Å²) in [6, 6.07) is 5.20. The zero-order chi connectivity index (χ0) is 12.2. The summed E-state index contributed by atoms with van der Waals surface area (Å²) in [6.07, 6.45) is 0.172. The van der Waals surface area contributed by atoms with Gasteiger partial charge in [-0.1, -0.05) is 12.1 Å². The molecule has 0 spiro atoms. The van der Waals surface area contributed by atoms with Crippen LogP contribution in [-0.4, -0.2) is 12.2 Å². The molecule has 0 aliphatic heterocycles. The van der Waals surface area contributed by atoms with Crippen LogP contribution in [0.15, 0.2) is 29.2 Å². The van der Waals surface area contributed by atoms with Gasteiger partial charge in [0, 0.05) is 10.9 Å². The molecule has 1 aromatic carbocycles. The fourth-order valence-electron chi connectivity index (χ4n) is 1.20. The Hall–Kier alpha value is -0.460. The predicted octanol–water partition coefficient (Wildman–Crippen LogP) is 4.08. The van der Waals surface area contributed by atoms with Crippen molar-refractivity contribution in [1.29, 1.82) is 0 Å². The molecule has 0 heterocycles. The van der Waals surface area contributed by atoms with E-state index in [0.717, 1.165) is 0 Å². The molecule has 1 aromatic rings. The van der Waals surface area contributed by atoms with E-state index in [0.29, 0.717) is 5.56 Å². The normalized spacial score (nSPS) is 13.0. The first-order valence-corrected chi connectivity index (χ1v) is 5.41. The van der Waals surface area contributed by atoms with Crippen molar-refractivity contribution in [2.45, 2.75) is 22.9 Å². The standard InChI is InChI=1S/C10H11F4NS.ClH/c11-6-5-9(15)7-1-3-8(4-2-7)16-10(12,13)14;/h1-4,9H,5-6,15H2;1H/t9-;/m0./s1. The Kier molecular flexibility index (Phi) is 6.89. The van der Waals surface area contributed by atoms with Gasteiger partial charge in [-0.15, -0.1) is 12.4 Å². The van der Waals surface area contributed by atoms with Crippen molar-refractivity contribution in [2.75, 3.05) is 6.67 Å². The maximum Gasteiger partial charge on any atom is 0.446 e. The van der Waals surface area contributed by atoms with E-state index in [1.54, 1.807) is 0 Å². The molecule has 0 aliphatic carbocycles. The summed E-state index contributed by atoms with van der Waals surface area (Å²) in [6.45, 7) is -0.541. The number of nitrogens with two attached hydrogens (primary N) is 1. The van der Waals surface area contributed by atoms with Gasteiger partial charge >= 0.3 is 5.51 Å². The van der Waals surface area contributed by atoms with Crippen molar-refractivity contribution in [3.05, 3.63) is 29.8 Å². The summed E-state index contributed by atoms with van der Waals surface area (Å²) in [7, 11) is 0. The summed E-state index contributed by atoms with van der Waals surface area (Å²) in [5, 5.41) is 0. The average molecular weight is 290 g/mol. The SMILES string of the molecule is Cl.N[C@@H](CCF)c1ccc(SC(F)(F)F)cc1. The van der Waals surface area contributed by atoms with E-state index in [1.165, 1.54) is 24.3 Å². The smallest absolute Gasteiger partial charge is 0.324 e. The molecule has 0 saturated heterocycles. The minimum absolute atomic E-state index is 0. The lowest BCUT2D eigenvalue weighted by molar-refractivity contribution is -0.0328. The van der Waals surface area contributed by atoms with Crippen LogP contribution >= 0.6 is 24.2 Å². The number of alkyl halides is 4. The Bertz CT molecular complexity index is 328. The third-order valence-corrected chi connectivity index (χ3v) is 2.70. The van der Waals surface area contributed by atoms with Crippen molar-refractivity contribution >= 4 is 24.2 Å². The van der Waals surface area contributed by atoms with Crippen molar-refractivity contribution in [3.8, 4) is 0 Å². The fourth-order valence-corrected chi connectivity index (χ4v) is 1.74. The van der Waals surface area contributed by atoms with Crippen LogP contribution in [0.4, 0.5) is 17.6 Å². The topological polar surface area (TPSA) is 26.0 Å².